The first-order chi connectivity index (χ1) is 6.56. The van der Waals surface area contributed by atoms with Crippen molar-refractivity contribution in [3.8, 4) is 0 Å². The minimum absolute atomic E-state index is 0.671. The van der Waals surface area contributed by atoms with Crippen molar-refractivity contribution < 1.29 is 4.74 Å². The number of rotatable bonds is 4. The molecule has 1 heterocycles. The van der Waals surface area contributed by atoms with E-state index in [-0.39, 0.29) is 0 Å². The highest BCUT2D eigenvalue weighted by Gasteiger charge is 2.34. The quantitative estimate of drug-likeness (QED) is 0.689. The predicted octanol–water partition coefficient (Wildman–Crippen LogP) is 2.39. The highest BCUT2D eigenvalue weighted by Crippen LogP contribution is 2.29. The molecule has 0 saturated carbocycles. The van der Waals surface area contributed by atoms with E-state index in [2.05, 4.69) is 32.6 Å². The number of hydrogen-bond acceptors (Lipinski definition) is 2. The lowest BCUT2D eigenvalue weighted by Crippen LogP contribution is -2.38. The molecule has 2 atom stereocenters. The van der Waals surface area contributed by atoms with Gasteiger partial charge in [-0.2, -0.15) is 0 Å². The molecule has 84 valence electrons. The molecule has 0 bridgehead atoms. The van der Waals surface area contributed by atoms with Crippen LogP contribution in [0.3, 0.4) is 0 Å². The molecule has 1 fully saturated rings. The van der Waals surface area contributed by atoms with E-state index in [4.69, 9.17) is 4.74 Å². The van der Waals surface area contributed by atoms with Crippen molar-refractivity contribution in [1.29, 1.82) is 0 Å². The Balaban J connectivity index is 2.56. The molecule has 1 aliphatic rings. The fourth-order valence-electron chi connectivity index (χ4n) is 2.59. The van der Waals surface area contributed by atoms with Crippen LogP contribution in [-0.4, -0.2) is 37.2 Å². The molecule has 0 spiro atoms. The summed E-state index contributed by atoms with van der Waals surface area (Å²) in [7, 11) is 1.81. The van der Waals surface area contributed by atoms with Crippen molar-refractivity contribution in [2.24, 2.45) is 11.8 Å². The van der Waals surface area contributed by atoms with E-state index < -0.39 is 0 Å². The number of likely N-dealkylation sites (tertiary alicyclic amines) is 1. The zero-order chi connectivity index (χ0) is 10.7. The van der Waals surface area contributed by atoms with Gasteiger partial charge in [0, 0.05) is 25.7 Å². The van der Waals surface area contributed by atoms with Crippen LogP contribution in [0.4, 0.5) is 0 Å². The Morgan fingerprint density at radius 2 is 1.93 bits per heavy atom. The van der Waals surface area contributed by atoms with Gasteiger partial charge in [0.2, 0.25) is 0 Å². The highest BCUT2D eigenvalue weighted by atomic mass is 16.5. The Bertz CT molecular complexity index is 152. The molecule has 0 radical (unpaired) electrons. The van der Waals surface area contributed by atoms with Crippen molar-refractivity contribution >= 4 is 0 Å². The second-order valence-corrected chi connectivity index (χ2v) is 5.16. The number of hydrogen-bond donors (Lipinski definition) is 0. The minimum Gasteiger partial charge on any atom is -0.384 e. The maximum atomic E-state index is 5.26. The smallest absolute Gasteiger partial charge is 0.0503 e. The second-order valence-electron chi connectivity index (χ2n) is 5.16. The molecular weight excluding hydrogens is 174 g/mol. The lowest BCUT2D eigenvalue weighted by molar-refractivity contribution is 0.143. The van der Waals surface area contributed by atoms with E-state index in [1.54, 1.807) is 0 Å². The third-order valence-corrected chi connectivity index (χ3v) is 3.31. The average molecular weight is 199 g/mol. The Kier molecular flexibility index (Phi) is 4.39. The molecule has 0 aromatic rings. The third kappa shape index (κ3) is 2.71. The number of nitrogens with zero attached hydrogens (tertiary/aromatic N) is 1. The molecule has 0 N–H and O–H groups in total. The highest BCUT2D eigenvalue weighted by molar-refractivity contribution is 4.88. The van der Waals surface area contributed by atoms with Crippen molar-refractivity contribution in [3.63, 3.8) is 0 Å². The molecular formula is C12H25NO. The van der Waals surface area contributed by atoms with Crippen molar-refractivity contribution in [3.05, 3.63) is 0 Å². The first-order valence-corrected chi connectivity index (χ1v) is 5.81. The zero-order valence-corrected chi connectivity index (χ0v) is 10.3. The van der Waals surface area contributed by atoms with Crippen LogP contribution in [0, 0.1) is 11.8 Å². The molecule has 2 nitrogen and oxygen atoms in total. The first-order valence-electron chi connectivity index (χ1n) is 5.81. The van der Waals surface area contributed by atoms with Gasteiger partial charge >= 0.3 is 0 Å². The van der Waals surface area contributed by atoms with E-state index in [1.807, 2.05) is 7.11 Å². The normalized spacial score (nSPS) is 29.4. The van der Waals surface area contributed by atoms with Crippen LogP contribution in [0.2, 0.25) is 0 Å². The fraction of sp³-hybridized carbons (Fsp3) is 1.00. The second kappa shape index (κ2) is 5.13. The molecule has 0 amide bonds. The van der Waals surface area contributed by atoms with Crippen molar-refractivity contribution in [1.82, 2.24) is 4.90 Å². The first kappa shape index (κ1) is 12.0. The monoisotopic (exact) mass is 199 g/mol. The summed E-state index contributed by atoms with van der Waals surface area (Å²) >= 11 is 0. The van der Waals surface area contributed by atoms with Crippen molar-refractivity contribution in [2.75, 3.05) is 20.3 Å². The van der Waals surface area contributed by atoms with Gasteiger partial charge in [-0.1, -0.05) is 13.8 Å². The Hall–Kier alpha value is -0.0800. The average Bonchev–Trinajstić information content (AvgIpc) is 2.49. The molecule has 2 heteroatoms. The zero-order valence-electron chi connectivity index (χ0n) is 10.3. The summed E-state index contributed by atoms with van der Waals surface area (Å²) in [6, 6.07) is 1.43. The van der Waals surface area contributed by atoms with Gasteiger partial charge in [0.15, 0.2) is 0 Å². The Morgan fingerprint density at radius 3 is 2.29 bits per heavy atom. The van der Waals surface area contributed by atoms with Crippen LogP contribution in [0.25, 0.3) is 0 Å². The van der Waals surface area contributed by atoms with E-state index in [9.17, 15) is 0 Å². The fourth-order valence-corrected chi connectivity index (χ4v) is 2.59. The third-order valence-electron chi connectivity index (χ3n) is 3.31. The van der Waals surface area contributed by atoms with Gasteiger partial charge in [-0.25, -0.2) is 0 Å². The Morgan fingerprint density at radius 1 is 1.29 bits per heavy atom. The van der Waals surface area contributed by atoms with Crippen LogP contribution < -0.4 is 0 Å². The molecule has 1 rings (SSSR count). The summed E-state index contributed by atoms with van der Waals surface area (Å²) < 4.78 is 5.26. The standard InChI is InChI=1S/C12H25NO/c1-9(2)12-6-11(8-14-5)7-13(12)10(3)4/h9-12H,6-8H2,1-5H3/t11?,12-/m0/s1. The molecule has 0 aliphatic carbocycles. The number of ether oxygens (including phenoxy) is 1. The van der Waals surface area contributed by atoms with Crippen LogP contribution in [0.1, 0.15) is 34.1 Å². The maximum Gasteiger partial charge on any atom is 0.0503 e. The minimum atomic E-state index is 0.671. The van der Waals surface area contributed by atoms with Crippen molar-refractivity contribution in [2.45, 2.75) is 46.2 Å². The number of methoxy groups -OCH3 is 1. The van der Waals surface area contributed by atoms with Crippen LogP contribution >= 0.6 is 0 Å². The van der Waals surface area contributed by atoms with Crippen LogP contribution in [-0.2, 0) is 4.74 Å². The summed E-state index contributed by atoms with van der Waals surface area (Å²) in [6.45, 7) is 11.4. The topological polar surface area (TPSA) is 12.5 Å². The van der Waals surface area contributed by atoms with E-state index in [0.717, 1.165) is 24.5 Å². The lowest BCUT2D eigenvalue weighted by Gasteiger charge is -2.30. The molecule has 0 aromatic carbocycles. The molecule has 1 saturated heterocycles. The summed E-state index contributed by atoms with van der Waals surface area (Å²) in [5.74, 6) is 1.51. The van der Waals surface area contributed by atoms with Crippen LogP contribution in [0.5, 0.6) is 0 Å². The summed E-state index contributed by atoms with van der Waals surface area (Å²) in [5, 5.41) is 0. The predicted molar refractivity (Wildman–Crippen MR) is 60.5 cm³/mol. The van der Waals surface area contributed by atoms with Gasteiger partial charge in [-0.05, 0) is 32.1 Å². The Labute approximate surface area is 88.6 Å². The maximum absolute atomic E-state index is 5.26. The molecule has 14 heavy (non-hydrogen) atoms. The molecule has 0 aromatic heterocycles. The van der Waals surface area contributed by atoms with Gasteiger partial charge in [0.25, 0.3) is 0 Å². The van der Waals surface area contributed by atoms with E-state index in [0.29, 0.717) is 6.04 Å². The molecule has 1 unspecified atom stereocenters. The van der Waals surface area contributed by atoms with Gasteiger partial charge in [0.05, 0.1) is 6.61 Å². The largest absolute Gasteiger partial charge is 0.384 e. The van der Waals surface area contributed by atoms with E-state index >= 15 is 0 Å². The van der Waals surface area contributed by atoms with Crippen LogP contribution in [0.15, 0.2) is 0 Å². The lowest BCUT2D eigenvalue weighted by atomic mass is 9.97. The SMILES string of the molecule is COCC1C[C@@H](C(C)C)N(C(C)C)C1. The summed E-state index contributed by atoms with van der Waals surface area (Å²) in [6.07, 6.45) is 1.31. The summed E-state index contributed by atoms with van der Waals surface area (Å²) in [4.78, 5) is 2.63. The summed E-state index contributed by atoms with van der Waals surface area (Å²) in [5.41, 5.74) is 0. The van der Waals surface area contributed by atoms with Gasteiger partial charge < -0.3 is 4.74 Å². The molecule has 1 aliphatic heterocycles. The van der Waals surface area contributed by atoms with Gasteiger partial charge in [-0.15, -0.1) is 0 Å². The van der Waals surface area contributed by atoms with Gasteiger partial charge in [-0.3, -0.25) is 4.90 Å². The van der Waals surface area contributed by atoms with Gasteiger partial charge in [0.1, 0.15) is 0 Å². The van der Waals surface area contributed by atoms with E-state index in [1.165, 1.54) is 13.0 Å².